The summed E-state index contributed by atoms with van der Waals surface area (Å²) in [6, 6.07) is 5.48. The van der Waals surface area contributed by atoms with Gasteiger partial charge in [0.05, 0.1) is 6.10 Å². The van der Waals surface area contributed by atoms with Crippen LogP contribution in [0.2, 0.25) is 0 Å². The van der Waals surface area contributed by atoms with Gasteiger partial charge in [0.15, 0.2) is 0 Å². The molecule has 0 saturated carbocycles. The Morgan fingerprint density at radius 3 is 2.71 bits per heavy atom. The van der Waals surface area contributed by atoms with Gasteiger partial charge in [0.1, 0.15) is 5.82 Å². The molecule has 0 heterocycles. The molecule has 1 aromatic carbocycles. The van der Waals surface area contributed by atoms with E-state index in [2.05, 4.69) is 10.6 Å². The highest BCUT2D eigenvalue weighted by atomic mass is 19.1. The van der Waals surface area contributed by atoms with Gasteiger partial charge in [0.25, 0.3) is 0 Å². The molecule has 17 heavy (non-hydrogen) atoms. The lowest BCUT2D eigenvalue weighted by Gasteiger charge is -2.05. The molecule has 0 bridgehead atoms. The summed E-state index contributed by atoms with van der Waals surface area (Å²) in [5.74, 6) is -0.301. The largest absolute Gasteiger partial charge is 0.392 e. The maximum Gasteiger partial charge on any atom is 0.318 e. The predicted molar refractivity (Wildman–Crippen MR) is 63.6 cm³/mol. The third kappa shape index (κ3) is 5.67. The zero-order chi connectivity index (χ0) is 12.7. The van der Waals surface area contributed by atoms with Crippen LogP contribution >= 0.6 is 0 Å². The van der Waals surface area contributed by atoms with Crippen LogP contribution in [0.15, 0.2) is 30.5 Å². The fourth-order valence-corrected chi connectivity index (χ4v) is 1.08. The topological polar surface area (TPSA) is 61.4 Å². The van der Waals surface area contributed by atoms with Gasteiger partial charge in [-0.2, -0.15) is 0 Å². The number of rotatable bonds is 4. The van der Waals surface area contributed by atoms with Crippen molar-refractivity contribution in [3.63, 3.8) is 0 Å². The van der Waals surface area contributed by atoms with Crippen LogP contribution < -0.4 is 10.6 Å². The number of urea groups is 1. The van der Waals surface area contributed by atoms with E-state index >= 15 is 0 Å². The summed E-state index contributed by atoms with van der Waals surface area (Å²) in [6.07, 6.45) is 2.51. The van der Waals surface area contributed by atoms with Gasteiger partial charge < -0.3 is 15.7 Å². The van der Waals surface area contributed by atoms with E-state index in [4.69, 9.17) is 5.11 Å². The van der Waals surface area contributed by atoms with Gasteiger partial charge >= 0.3 is 6.03 Å². The van der Waals surface area contributed by atoms with E-state index in [1.165, 1.54) is 18.3 Å². The van der Waals surface area contributed by atoms with Crippen molar-refractivity contribution in [1.82, 2.24) is 10.6 Å². The summed E-state index contributed by atoms with van der Waals surface area (Å²) in [5.41, 5.74) is 0.780. The summed E-state index contributed by atoms with van der Waals surface area (Å²) >= 11 is 0. The molecule has 0 aromatic heterocycles. The normalized spacial score (nSPS) is 12.4. The number of carbonyl (C=O) groups is 1. The van der Waals surface area contributed by atoms with E-state index in [0.717, 1.165) is 5.56 Å². The molecule has 0 saturated heterocycles. The van der Waals surface area contributed by atoms with Crippen LogP contribution in [0.1, 0.15) is 12.5 Å². The van der Waals surface area contributed by atoms with Gasteiger partial charge in [-0.05, 0) is 30.7 Å². The molecule has 0 aliphatic heterocycles. The highest BCUT2D eigenvalue weighted by Crippen LogP contribution is 2.03. The van der Waals surface area contributed by atoms with Gasteiger partial charge in [-0.3, -0.25) is 0 Å². The van der Waals surface area contributed by atoms with Crippen LogP contribution in [-0.4, -0.2) is 23.8 Å². The van der Waals surface area contributed by atoms with Crippen molar-refractivity contribution in [3.05, 3.63) is 41.8 Å². The molecule has 1 aromatic rings. The Kier molecular flexibility index (Phi) is 5.16. The molecule has 2 amide bonds. The molecule has 3 N–H and O–H groups in total. The second kappa shape index (κ2) is 6.65. The Morgan fingerprint density at radius 2 is 2.12 bits per heavy atom. The molecule has 1 atom stereocenters. The van der Waals surface area contributed by atoms with Gasteiger partial charge in [-0.15, -0.1) is 0 Å². The summed E-state index contributed by atoms with van der Waals surface area (Å²) < 4.78 is 12.6. The zero-order valence-electron chi connectivity index (χ0n) is 9.48. The zero-order valence-corrected chi connectivity index (χ0v) is 9.48. The summed E-state index contributed by atoms with van der Waals surface area (Å²) in [6.45, 7) is 1.77. The molecule has 92 valence electrons. The third-order valence-electron chi connectivity index (χ3n) is 1.92. The van der Waals surface area contributed by atoms with Gasteiger partial charge in [-0.1, -0.05) is 12.1 Å². The first-order valence-electron chi connectivity index (χ1n) is 5.22. The van der Waals surface area contributed by atoms with E-state index in [-0.39, 0.29) is 12.4 Å². The molecule has 1 unspecified atom stereocenters. The van der Waals surface area contributed by atoms with Crippen molar-refractivity contribution >= 4 is 12.1 Å². The highest BCUT2D eigenvalue weighted by Gasteiger charge is 1.98. The highest BCUT2D eigenvalue weighted by molar-refractivity contribution is 5.75. The number of halogens is 1. The van der Waals surface area contributed by atoms with E-state index in [0.29, 0.717) is 0 Å². The molecule has 0 fully saturated rings. The van der Waals surface area contributed by atoms with Crippen LogP contribution in [0.4, 0.5) is 9.18 Å². The Bertz CT molecular complexity index is 388. The molecule has 5 heteroatoms. The van der Waals surface area contributed by atoms with Crippen molar-refractivity contribution in [1.29, 1.82) is 0 Å². The lowest BCUT2D eigenvalue weighted by molar-refractivity contribution is 0.188. The Labute approximate surface area is 99.2 Å². The predicted octanol–water partition coefficient (Wildman–Crippen LogP) is 1.48. The van der Waals surface area contributed by atoms with Gasteiger partial charge in [-0.25, -0.2) is 9.18 Å². The minimum absolute atomic E-state index is 0.191. The Balaban J connectivity index is 2.34. The van der Waals surface area contributed by atoms with Gasteiger partial charge in [0.2, 0.25) is 0 Å². The van der Waals surface area contributed by atoms with Crippen LogP contribution in [-0.2, 0) is 0 Å². The monoisotopic (exact) mass is 238 g/mol. The number of carbonyl (C=O) groups excluding carboxylic acids is 1. The number of hydrogen-bond donors (Lipinski definition) is 3. The fourth-order valence-electron chi connectivity index (χ4n) is 1.08. The molecule has 4 nitrogen and oxygen atoms in total. The van der Waals surface area contributed by atoms with Crippen LogP contribution in [0.25, 0.3) is 6.08 Å². The third-order valence-corrected chi connectivity index (χ3v) is 1.92. The van der Waals surface area contributed by atoms with Crippen LogP contribution in [0, 0.1) is 5.82 Å². The molecule has 0 aliphatic carbocycles. The molecule has 0 spiro atoms. The summed E-state index contributed by atoms with van der Waals surface area (Å²) in [5, 5.41) is 13.9. The number of benzene rings is 1. The second-order valence-corrected chi connectivity index (χ2v) is 3.59. The van der Waals surface area contributed by atoms with Crippen molar-refractivity contribution in [2.24, 2.45) is 0 Å². The van der Waals surface area contributed by atoms with E-state index in [1.54, 1.807) is 25.1 Å². The number of aliphatic hydroxyl groups is 1. The average molecular weight is 238 g/mol. The average Bonchev–Trinajstić information content (AvgIpc) is 2.29. The summed E-state index contributed by atoms with van der Waals surface area (Å²) in [4.78, 5) is 11.1. The molecule has 1 rings (SSSR count). The van der Waals surface area contributed by atoms with E-state index in [1.807, 2.05) is 0 Å². The van der Waals surface area contributed by atoms with Gasteiger partial charge in [0, 0.05) is 12.7 Å². The molecule has 0 radical (unpaired) electrons. The minimum atomic E-state index is -0.582. The quantitative estimate of drug-likeness (QED) is 0.744. The van der Waals surface area contributed by atoms with Crippen molar-refractivity contribution in [2.75, 3.05) is 6.54 Å². The SMILES string of the molecule is CC(O)CNC(=O)N/C=C/c1ccc(F)cc1. The molecular formula is C12H15FN2O2. The second-order valence-electron chi connectivity index (χ2n) is 3.59. The number of hydrogen-bond acceptors (Lipinski definition) is 2. The van der Waals surface area contributed by atoms with Crippen molar-refractivity contribution in [2.45, 2.75) is 13.0 Å². The number of aliphatic hydroxyl groups excluding tert-OH is 1. The fraction of sp³-hybridized carbons (Fsp3) is 0.250. The maximum atomic E-state index is 12.6. The lowest BCUT2D eigenvalue weighted by atomic mass is 10.2. The standard InChI is InChI=1S/C12H15FN2O2/c1-9(16)8-15-12(17)14-7-6-10-2-4-11(13)5-3-10/h2-7,9,16H,8H2,1H3,(H2,14,15,17)/b7-6+. The van der Waals surface area contributed by atoms with Crippen LogP contribution in [0.3, 0.4) is 0 Å². The first-order valence-corrected chi connectivity index (χ1v) is 5.22. The first kappa shape index (κ1) is 13.2. The molecule has 0 aliphatic rings. The van der Waals surface area contributed by atoms with Crippen molar-refractivity contribution in [3.8, 4) is 0 Å². The first-order chi connectivity index (χ1) is 8.08. The van der Waals surface area contributed by atoms with Crippen LogP contribution in [0.5, 0.6) is 0 Å². The Morgan fingerprint density at radius 1 is 1.47 bits per heavy atom. The minimum Gasteiger partial charge on any atom is -0.392 e. The smallest absolute Gasteiger partial charge is 0.318 e. The van der Waals surface area contributed by atoms with Crippen molar-refractivity contribution < 1.29 is 14.3 Å². The lowest BCUT2D eigenvalue weighted by Crippen LogP contribution is -2.36. The molecular weight excluding hydrogens is 223 g/mol. The maximum absolute atomic E-state index is 12.6. The van der Waals surface area contributed by atoms with E-state index < -0.39 is 12.1 Å². The Hall–Kier alpha value is -1.88. The number of nitrogens with one attached hydrogen (secondary N) is 2. The van der Waals surface area contributed by atoms with E-state index in [9.17, 15) is 9.18 Å². The number of amides is 2. The summed E-state index contributed by atoms with van der Waals surface area (Å²) in [7, 11) is 0.